The van der Waals surface area contributed by atoms with Crippen LogP contribution in [0.3, 0.4) is 0 Å². The highest BCUT2D eigenvalue weighted by atomic mass is 16.5. The lowest BCUT2D eigenvalue weighted by atomic mass is 10.1. The maximum Gasteiger partial charge on any atom is 0.347 e. The summed E-state index contributed by atoms with van der Waals surface area (Å²) in [6, 6.07) is 22.8. The molecular weight excluding hydrogens is 368 g/mol. The van der Waals surface area contributed by atoms with Crippen molar-refractivity contribution < 1.29 is 23.8 Å². The summed E-state index contributed by atoms with van der Waals surface area (Å²) >= 11 is 0. The summed E-state index contributed by atoms with van der Waals surface area (Å²) in [5, 5.41) is 0. The molecule has 29 heavy (non-hydrogen) atoms. The van der Waals surface area contributed by atoms with Crippen LogP contribution >= 0.6 is 0 Å². The fraction of sp³-hybridized carbons (Fsp3) is 0.167. The molecule has 0 radical (unpaired) electrons. The lowest BCUT2D eigenvalue weighted by Crippen LogP contribution is -2.14. The number of ether oxygens (including phenoxy) is 3. The smallest absolute Gasteiger partial charge is 0.347 e. The fourth-order valence-corrected chi connectivity index (χ4v) is 2.66. The molecule has 0 N–H and O–H groups in total. The van der Waals surface area contributed by atoms with Gasteiger partial charge in [0.05, 0.1) is 0 Å². The van der Waals surface area contributed by atoms with E-state index >= 15 is 0 Å². The number of para-hydroxylation sites is 2. The van der Waals surface area contributed by atoms with Gasteiger partial charge in [0.15, 0.2) is 5.78 Å². The van der Waals surface area contributed by atoms with Crippen LogP contribution in [0.4, 0.5) is 0 Å². The Morgan fingerprint density at radius 3 is 2.10 bits per heavy atom. The number of esters is 1. The molecule has 0 saturated heterocycles. The first-order valence-electron chi connectivity index (χ1n) is 9.42. The molecule has 0 aliphatic heterocycles. The number of carbonyl (C=O) groups excluding carboxylic acids is 2. The van der Waals surface area contributed by atoms with E-state index in [-0.39, 0.29) is 12.4 Å². The van der Waals surface area contributed by atoms with Gasteiger partial charge in [0.1, 0.15) is 36.0 Å². The van der Waals surface area contributed by atoms with Gasteiger partial charge in [0.2, 0.25) is 0 Å². The van der Waals surface area contributed by atoms with Crippen molar-refractivity contribution in [1.82, 2.24) is 0 Å². The third-order valence-electron chi connectivity index (χ3n) is 4.17. The normalized spacial score (nSPS) is 10.2. The van der Waals surface area contributed by atoms with Gasteiger partial charge in [-0.05, 0) is 48.5 Å². The zero-order chi connectivity index (χ0) is 20.5. The molecule has 3 aromatic rings. The fourth-order valence-electron chi connectivity index (χ4n) is 2.66. The number of rotatable bonds is 9. The van der Waals surface area contributed by atoms with Crippen LogP contribution in [0.2, 0.25) is 0 Å². The monoisotopic (exact) mass is 390 g/mol. The van der Waals surface area contributed by atoms with Gasteiger partial charge >= 0.3 is 5.97 Å². The van der Waals surface area contributed by atoms with Crippen molar-refractivity contribution in [3.63, 3.8) is 0 Å². The predicted molar refractivity (Wildman–Crippen MR) is 110 cm³/mol. The van der Waals surface area contributed by atoms with Gasteiger partial charge in [-0.15, -0.1) is 0 Å². The molecule has 5 heteroatoms. The molecule has 0 aliphatic carbocycles. The van der Waals surface area contributed by atoms with E-state index in [0.29, 0.717) is 35.7 Å². The molecule has 0 aliphatic rings. The molecule has 148 valence electrons. The molecule has 0 atom stereocenters. The molecule has 0 fully saturated rings. The van der Waals surface area contributed by atoms with Crippen LogP contribution in [-0.2, 0) is 0 Å². The number of ketones is 1. The standard InChI is InChI=1S/C24H22O5/c1-2-22(25)18-12-14-20(15-13-18)29-24(26)21-10-6-7-11-23(21)28-17-16-27-19-8-4-3-5-9-19/h3-15H,2,16-17H2,1H3. The summed E-state index contributed by atoms with van der Waals surface area (Å²) in [7, 11) is 0. The third kappa shape index (κ3) is 5.69. The van der Waals surface area contributed by atoms with E-state index in [1.54, 1.807) is 55.5 Å². The Labute approximate surface area is 169 Å². The van der Waals surface area contributed by atoms with Crippen LogP contribution in [0.5, 0.6) is 17.2 Å². The Kier molecular flexibility index (Phi) is 7.00. The van der Waals surface area contributed by atoms with Gasteiger partial charge in [0.25, 0.3) is 0 Å². The summed E-state index contributed by atoms with van der Waals surface area (Å²) in [5.41, 5.74) is 0.912. The second-order valence-electron chi connectivity index (χ2n) is 6.20. The predicted octanol–water partition coefficient (Wildman–Crippen LogP) is 4.96. The zero-order valence-electron chi connectivity index (χ0n) is 16.2. The van der Waals surface area contributed by atoms with Crippen molar-refractivity contribution >= 4 is 11.8 Å². The molecule has 0 aromatic heterocycles. The quantitative estimate of drug-likeness (QED) is 0.224. The zero-order valence-corrected chi connectivity index (χ0v) is 16.2. The number of Topliss-reactive ketones (excluding diaryl/α,β-unsaturated/α-hetero) is 1. The van der Waals surface area contributed by atoms with E-state index in [9.17, 15) is 9.59 Å². The average Bonchev–Trinajstić information content (AvgIpc) is 2.77. The van der Waals surface area contributed by atoms with E-state index in [1.807, 2.05) is 30.3 Å². The van der Waals surface area contributed by atoms with Crippen LogP contribution in [0.25, 0.3) is 0 Å². The molecule has 0 amide bonds. The maximum atomic E-state index is 12.6. The van der Waals surface area contributed by atoms with Crippen molar-refractivity contribution in [2.75, 3.05) is 13.2 Å². The Morgan fingerprint density at radius 2 is 1.38 bits per heavy atom. The van der Waals surface area contributed by atoms with Crippen molar-refractivity contribution in [3.05, 3.63) is 90.0 Å². The first kappa shape index (κ1) is 20.1. The summed E-state index contributed by atoms with van der Waals surface area (Å²) in [4.78, 5) is 24.3. The highest BCUT2D eigenvalue weighted by Crippen LogP contribution is 2.21. The first-order chi connectivity index (χ1) is 14.2. The number of hydrogen-bond donors (Lipinski definition) is 0. The Bertz CT molecular complexity index is 949. The summed E-state index contributed by atoms with van der Waals surface area (Å²) < 4.78 is 16.7. The highest BCUT2D eigenvalue weighted by molar-refractivity contribution is 5.96. The Balaban J connectivity index is 1.58. The minimum Gasteiger partial charge on any atom is -0.490 e. The van der Waals surface area contributed by atoms with Gasteiger partial charge in [-0.25, -0.2) is 4.79 Å². The largest absolute Gasteiger partial charge is 0.490 e. The van der Waals surface area contributed by atoms with Gasteiger partial charge in [-0.3, -0.25) is 4.79 Å². The molecule has 0 heterocycles. The molecule has 3 rings (SSSR count). The van der Waals surface area contributed by atoms with E-state index in [4.69, 9.17) is 14.2 Å². The van der Waals surface area contributed by atoms with Crippen molar-refractivity contribution in [3.8, 4) is 17.2 Å². The summed E-state index contributed by atoms with van der Waals surface area (Å²) in [5.74, 6) is 1.06. The molecular formula is C24H22O5. The minimum absolute atomic E-state index is 0.0411. The van der Waals surface area contributed by atoms with Gasteiger partial charge in [-0.2, -0.15) is 0 Å². The van der Waals surface area contributed by atoms with Crippen molar-refractivity contribution in [2.24, 2.45) is 0 Å². The minimum atomic E-state index is -0.529. The lowest BCUT2D eigenvalue weighted by molar-refractivity contribution is 0.0729. The summed E-state index contributed by atoms with van der Waals surface area (Å²) in [6.07, 6.45) is 0.428. The van der Waals surface area contributed by atoms with E-state index in [1.165, 1.54) is 0 Å². The number of benzene rings is 3. The molecule has 3 aromatic carbocycles. The lowest BCUT2D eigenvalue weighted by Gasteiger charge is -2.12. The van der Waals surface area contributed by atoms with Gasteiger partial charge < -0.3 is 14.2 Å². The number of hydrogen-bond acceptors (Lipinski definition) is 5. The van der Waals surface area contributed by atoms with Crippen LogP contribution in [0.15, 0.2) is 78.9 Å². The van der Waals surface area contributed by atoms with Crippen molar-refractivity contribution in [1.29, 1.82) is 0 Å². The SMILES string of the molecule is CCC(=O)c1ccc(OC(=O)c2ccccc2OCCOc2ccccc2)cc1. The summed E-state index contributed by atoms with van der Waals surface area (Å²) in [6.45, 7) is 2.44. The highest BCUT2D eigenvalue weighted by Gasteiger charge is 2.15. The first-order valence-corrected chi connectivity index (χ1v) is 9.42. The van der Waals surface area contributed by atoms with Crippen LogP contribution < -0.4 is 14.2 Å². The second-order valence-corrected chi connectivity index (χ2v) is 6.20. The molecule has 0 spiro atoms. The maximum absolute atomic E-state index is 12.6. The molecule has 0 unspecified atom stereocenters. The number of carbonyl (C=O) groups is 2. The van der Waals surface area contributed by atoms with E-state index < -0.39 is 5.97 Å². The van der Waals surface area contributed by atoms with E-state index in [2.05, 4.69) is 0 Å². The van der Waals surface area contributed by atoms with Crippen LogP contribution in [-0.4, -0.2) is 25.0 Å². The van der Waals surface area contributed by atoms with Crippen LogP contribution in [0, 0.1) is 0 Å². The van der Waals surface area contributed by atoms with Gasteiger partial charge in [-0.1, -0.05) is 37.3 Å². The molecule has 5 nitrogen and oxygen atoms in total. The Morgan fingerprint density at radius 1 is 0.724 bits per heavy atom. The molecule has 0 saturated carbocycles. The Hall–Kier alpha value is -3.60. The van der Waals surface area contributed by atoms with Gasteiger partial charge in [0, 0.05) is 12.0 Å². The topological polar surface area (TPSA) is 61.8 Å². The third-order valence-corrected chi connectivity index (χ3v) is 4.17. The van der Waals surface area contributed by atoms with E-state index in [0.717, 1.165) is 5.75 Å². The van der Waals surface area contributed by atoms with Crippen molar-refractivity contribution in [2.45, 2.75) is 13.3 Å². The molecule has 0 bridgehead atoms. The van der Waals surface area contributed by atoms with Crippen LogP contribution in [0.1, 0.15) is 34.1 Å². The second kappa shape index (κ2) is 10.1. The average molecular weight is 390 g/mol.